The van der Waals surface area contributed by atoms with E-state index < -0.39 is 0 Å². The van der Waals surface area contributed by atoms with E-state index in [9.17, 15) is 5.26 Å². The minimum atomic E-state index is -0.303. The van der Waals surface area contributed by atoms with Gasteiger partial charge in [-0.05, 0) is 73.5 Å². The highest BCUT2D eigenvalue weighted by Gasteiger charge is 2.26. The molecule has 1 unspecified atom stereocenters. The molecule has 0 saturated heterocycles. The topological polar surface area (TPSA) is 87.9 Å². The fraction of sp³-hybridized carbons (Fsp3) is 0.167. The monoisotopic (exact) mass is 395 g/mol. The Bertz CT molecular complexity index is 1180. The Balaban J connectivity index is 1.62. The second-order valence-electron chi connectivity index (χ2n) is 7.37. The Morgan fingerprint density at radius 3 is 2.30 bits per heavy atom. The van der Waals surface area contributed by atoms with Crippen LogP contribution >= 0.6 is 0 Å². The number of aromatic amines is 1. The van der Waals surface area contributed by atoms with Crippen LogP contribution in [0.15, 0.2) is 48.7 Å². The van der Waals surface area contributed by atoms with E-state index in [1.54, 1.807) is 12.1 Å². The number of rotatable bonds is 4. The summed E-state index contributed by atoms with van der Waals surface area (Å²) in [5.41, 5.74) is 5.99. The Hall–Kier alpha value is -4.16. The molecular weight excluding hydrogens is 374 g/mol. The van der Waals surface area contributed by atoms with Gasteiger partial charge in [0.1, 0.15) is 11.6 Å². The number of ether oxygens (including phenoxy) is 1. The first kappa shape index (κ1) is 19.2. The lowest BCUT2D eigenvalue weighted by atomic mass is 10.1. The number of anilines is 2. The van der Waals surface area contributed by atoms with Crippen LogP contribution in [0.2, 0.25) is 0 Å². The number of fused-ring (bicyclic) bond motifs is 1. The van der Waals surface area contributed by atoms with E-state index in [4.69, 9.17) is 10.00 Å². The molecule has 0 bridgehead atoms. The highest BCUT2D eigenvalue weighted by atomic mass is 16.5. The molecule has 30 heavy (non-hydrogen) atoms. The molecule has 2 heterocycles. The van der Waals surface area contributed by atoms with Crippen molar-refractivity contribution in [3.63, 3.8) is 0 Å². The van der Waals surface area contributed by atoms with Gasteiger partial charge in [-0.25, -0.2) is 0 Å². The van der Waals surface area contributed by atoms with Crippen molar-refractivity contribution in [2.24, 2.45) is 0 Å². The van der Waals surface area contributed by atoms with Crippen molar-refractivity contribution in [3.8, 4) is 17.9 Å². The zero-order valence-corrected chi connectivity index (χ0v) is 17.0. The van der Waals surface area contributed by atoms with Crippen molar-refractivity contribution in [3.05, 3.63) is 82.2 Å². The van der Waals surface area contributed by atoms with E-state index in [1.807, 2.05) is 68.4 Å². The number of nitriles is 2. The van der Waals surface area contributed by atoms with E-state index in [0.29, 0.717) is 11.1 Å². The fourth-order valence-electron chi connectivity index (χ4n) is 3.63. The molecule has 0 saturated carbocycles. The summed E-state index contributed by atoms with van der Waals surface area (Å²) in [4.78, 5) is 5.39. The van der Waals surface area contributed by atoms with E-state index in [-0.39, 0.29) is 6.23 Å². The molecular formula is C24H21N5O. The van der Waals surface area contributed by atoms with Crippen molar-refractivity contribution in [2.75, 3.05) is 12.4 Å². The Labute approximate surface area is 175 Å². The van der Waals surface area contributed by atoms with Gasteiger partial charge >= 0.3 is 0 Å². The molecule has 6 heteroatoms. The average molecular weight is 395 g/mol. The molecule has 0 fully saturated rings. The van der Waals surface area contributed by atoms with Crippen LogP contribution in [0, 0.1) is 36.5 Å². The summed E-state index contributed by atoms with van der Waals surface area (Å²) in [6, 6.07) is 17.3. The van der Waals surface area contributed by atoms with Gasteiger partial charge in [0, 0.05) is 24.5 Å². The van der Waals surface area contributed by atoms with Gasteiger partial charge in [0.05, 0.1) is 29.0 Å². The summed E-state index contributed by atoms with van der Waals surface area (Å²) < 4.78 is 6.43. The molecule has 3 aromatic rings. The average Bonchev–Trinajstić information content (AvgIpc) is 3.15. The molecule has 0 spiro atoms. The quantitative estimate of drug-likeness (QED) is 0.641. The zero-order chi connectivity index (χ0) is 21.3. The Kier molecular flexibility index (Phi) is 4.92. The third-order valence-electron chi connectivity index (χ3n) is 5.10. The van der Waals surface area contributed by atoms with E-state index in [2.05, 4.69) is 22.4 Å². The van der Waals surface area contributed by atoms with E-state index in [1.165, 1.54) is 0 Å². The molecule has 148 valence electrons. The molecule has 1 aromatic heterocycles. The van der Waals surface area contributed by atoms with Crippen molar-refractivity contribution in [1.29, 1.82) is 10.5 Å². The lowest BCUT2D eigenvalue weighted by Gasteiger charge is -2.31. The zero-order valence-electron chi connectivity index (χ0n) is 17.0. The number of H-pyrrole nitrogens is 1. The van der Waals surface area contributed by atoms with Crippen LogP contribution in [0.5, 0.6) is 5.75 Å². The SMILES string of the molecule is Cc1cc(C#N)cc(C)c1OC1c2cc(Nc3ccc(C#N)cc3)[nH]c2C=CN1C. The van der Waals surface area contributed by atoms with Gasteiger partial charge < -0.3 is 19.9 Å². The van der Waals surface area contributed by atoms with E-state index in [0.717, 1.165) is 39.6 Å². The summed E-state index contributed by atoms with van der Waals surface area (Å²) in [5.74, 6) is 1.63. The number of aromatic nitrogens is 1. The summed E-state index contributed by atoms with van der Waals surface area (Å²) in [6.07, 6.45) is 3.68. The number of nitrogens with one attached hydrogen (secondary N) is 2. The molecule has 2 N–H and O–H groups in total. The summed E-state index contributed by atoms with van der Waals surface area (Å²) in [6.45, 7) is 3.91. The number of benzene rings is 2. The Morgan fingerprint density at radius 2 is 1.67 bits per heavy atom. The van der Waals surface area contributed by atoms with Crippen LogP contribution in [0.25, 0.3) is 6.08 Å². The number of hydrogen-bond acceptors (Lipinski definition) is 5. The second kappa shape index (κ2) is 7.69. The first-order chi connectivity index (χ1) is 14.5. The molecule has 0 aliphatic carbocycles. The molecule has 4 rings (SSSR count). The molecule has 1 aliphatic rings. The van der Waals surface area contributed by atoms with Gasteiger partial charge in [-0.2, -0.15) is 10.5 Å². The normalized spacial score (nSPS) is 14.6. The van der Waals surface area contributed by atoms with Gasteiger partial charge in [0.15, 0.2) is 6.23 Å². The third-order valence-corrected chi connectivity index (χ3v) is 5.10. The van der Waals surface area contributed by atoms with Gasteiger partial charge in [-0.15, -0.1) is 0 Å². The van der Waals surface area contributed by atoms with Crippen molar-refractivity contribution >= 4 is 17.6 Å². The van der Waals surface area contributed by atoms with Crippen molar-refractivity contribution in [1.82, 2.24) is 9.88 Å². The summed E-state index contributed by atoms with van der Waals surface area (Å²) >= 11 is 0. The second-order valence-corrected chi connectivity index (χ2v) is 7.37. The standard InChI is InChI=1S/C24H21N5O/c1-15-10-18(14-26)11-16(2)23(15)30-24-20-12-22(28-21(20)8-9-29(24)3)27-19-6-4-17(13-25)5-7-19/h4-12,24,27-28H,1-3H3. The first-order valence-corrected chi connectivity index (χ1v) is 9.56. The highest BCUT2D eigenvalue weighted by molar-refractivity contribution is 5.64. The lowest BCUT2D eigenvalue weighted by molar-refractivity contribution is 0.0764. The van der Waals surface area contributed by atoms with Crippen LogP contribution < -0.4 is 10.1 Å². The van der Waals surface area contributed by atoms with Crippen LogP contribution in [0.3, 0.4) is 0 Å². The molecule has 1 aliphatic heterocycles. The Morgan fingerprint density at radius 1 is 1.00 bits per heavy atom. The van der Waals surface area contributed by atoms with E-state index >= 15 is 0 Å². The highest BCUT2D eigenvalue weighted by Crippen LogP contribution is 2.36. The van der Waals surface area contributed by atoms with Crippen LogP contribution in [-0.4, -0.2) is 16.9 Å². The minimum absolute atomic E-state index is 0.303. The molecule has 0 radical (unpaired) electrons. The predicted octanol–water partition coefficient (Wildman–Crippen LogP) is 5.11. The van der Waals surface area contributed by atoms with Gasteiger partial charge in [-0.3, -0.25) is 0 Å². The van der Waals surface area contributed by atoms with Gasteiger partial charge in [0.2, 0.25) is 0 Å². The maximum Gasteiger partial charge on any atom is 0.200 e. The molecule has 2 aromatic carbocycles. The molecule has 0 amide bonds. The smallest absolute Gasteiger partial charge is 0.200 e. The fourth-order valence-corrected chi connectivity index (χ4v) is 3.63. The molecule has 6 nitrogen and oxygen atoms in total. The predicted molar refractivity (Wildman–Crippen MR) is 116 cm³/mol. The first-order valence-electron chi connectivity index (χ1n) is 9.56. The molecule has 1 atom stereocenters. The summed E-state index contributed by atoms with van der Waals surface area (Å²) in [7, 11) is 1.97. The van der Waals surface area contributed by atoms with Crippen LogP contribution in [0.4, 0.5) is 11.5 Å². The summed E-state index contributed by atoms with van der Waals surface area (Å²) in [5, 5.41) is 21.5. The van der Waals surface area contributed by atoms with Crippen molar-refractivity contribution < 1.29 is 4.74 Å². The number of hydrogen-bond donors (Lipinski definition) is 2. The van der Waals surface area contributed by atoms with Crippen molar-refractivity contribution in [2.45, 2.75) is 20.1 Å². The van der Waals surface area contributed by atoms with Crippen LogP contribution in [-0.2, 0) is 0 Å². The number of aryl methyl sites for hydroxylation is 2. The maximum atomic E-state index is 9.19. The van der Waals surface area contributed by atoms with Gasteiger partial charge in [-0.1, -0.05) is 0 Å². The minimum Gasteiger partial charge on any atom is -0.466 e. The van der Waals surface area contributed by atoms with Gasteiger partial charge in [0.25, 0.3) is 0 Å². The number of nitrogens with zero attached hydrogens (tertiary/aromatic N) is 3. The van der Waals surface area contributed by atoms with Crippen LogP contribution in [0.1, 0.15) is 39.7 Å². The lowest BCUT2D eigenvalue weighted by Crippen LogP contribution is -2.27. The largest absolute Gasteiger partial charge is 0.466 e. The maximum absolute atomic E-state index is 9.19. The third kappa shape index (κ3) is 3.59.